The average Bonchev–Trinajstić information content (AvgIpc) is 2.17. The maximum absolute atomic E-state index is 12.6. The van der Waals surface area contributed by atoms with Crippen LogP contribution in [-0.4, -0.2) is 17.8 Å². The van der Waals surface area contributed by atoms with Gasteiger partial charge in [0.2, 0.25) is 0 Å². The van der Waals surface area contributed by atoms with Crippen LogP contribution in [0.1, 0.15) is 6.42 Å². The van der Waals surface area contributed by atoms with Crippen molar-refractivity contribution in [3.05, 3.63) is 29.0 Å². The quantitative estimate of drug-likeness (QED) is 0.861. The SMILES string of the molecule is N#CCC(O)COc1ccc(F)cc1Cl. The Bertz CT molecular complexity index is 378. The highest BCUT2D eigenvalue weighted by molar-refractivity contribution is 6.32. The van der Waals surface area contributed by atoms with Gasteiger partial charge in [-0.25, -0.2) is 4.39 Å². The molecule has 1 unspecified atom stereocenters. The van der Waals surface area contributed by atoms with Crippen molar-refractivity contribution in [2.24, 2.45) is 0 Å². The molecule has 0 aliphatic rings. The van der Waals surface area contributed by atoms with Crippen molar-refractivity contribution in [1.82, 2.24) is 0 Å². The Labute approximate surface area is 91.7 Å². The molecular formula is C10H9ClFNO2. The molecule has 0 saturated heterocycles. The lowest BCUT2D eigenvalue weighted by Crippen LogP contribution is -2.16. The standard InChI is InChI=1S/C10H9ClFNO2/c11-9-5-7(12)1-2-10(9)15-6-8(14)3-4-13/h1-2,5,8,14H,3,6H2. The molecule has 1 atom stereocenters. The highest BCUT2D eigenvalue weighted by Crippen LogP contribution is 2.24. The molecule has 0 saturated carbocycles. The third kappa shape index (κ3) is 3.74. The summed E-state index contributed by atoms with van der Waals surface area (Å²) in [5.41, 5.74) is 0. The van der Waals surface area contributed by atoms with E-state index in [1.807, 2.05) is 0 Å². The average molecular weight is 230 g/mol. The fourth-order valence-electron chi connectivity index (χ4n) is 0.943. The molecule has 0 spiro atoms. The van der Waals surface area contributed by atoms with Gasteiger partial charge in [0, 0.05) is 0 Å². The van der Waals surface area contributed by atoms with Gasteiger partial charge < -0.3 is 9.84 Å². The smallest absolute Gasteiger partial charge is 0.138 e. The van der Waals surface area contributed by atoms with Gasteiger partial charge in [-0.2, -0.15) is 5.26 Å². The summed E-state index contributed by atoms with van der Waals surface area (Å²) in [6.07, 6.45) is -0.880. The molecule has 0 fully saturated rings. The van der Waals surface area contributed by atoms with Gasteiger partial charge in [-0.05, 0) is 18.2 Å². The van der Waals surface area contributed by atoms with Crippen LogP contribution in [0, 0.1) is 17.1 Å². The fourth-order valence-corrected chi connectivity index (χ4v) is 1.16. The number of aliphatic hydroxyl groups excluding tert-OH is 1. The van der Waals surface area contributed by atoms with Crippen molar-refractivity contribution in [3.63, 3.8) is 0 Å². The molecule has 3 nitrogen and oxygen atoms in total. The Kier molecular flexibility index (Phi) is 4.35. The molecule has 1 aromatic carbocycles. The van der Waals surface area contributed by atoms with Crippen molar-refractivity contribution in [1.29, 1.82) is 5.26 Å². The lowest BCUT2D eigenvalue weighted by molar-refractivity contribution is 0.111. The van der Waals surface area contributed by atoms with E-state index in [-0.39, 0.29) is 23.8 Å². The Hall–Kier alpha value is -1.31. The third-order valence-corrected chi connectivity index (χ3v) is 1.95. The molecule has 0 heterocycles. The van der Waals surface area contributed by atoms with Gasteiger partial charge in [0.1, 0.15) is 24.3 Å². The molecule has 0 aliphatic carbocycles. The minimum atomic E-state index is -0.865. The molecule has 1 rings (SSSR count). The molecule has 0 radical (unpaired) electrons. The van der Waals surface area contributed by atoms with Crippen LogP contribution >= 0.6 is 11.6 Å². The van der Waals surface area contributed by atoms with Gasteiger partial charge in [0.15, 0.2) is 0 Å². The van der Waals surface area contributed by atoms with Gasteiger partial charge in [0.05, 0.1) is 17.5 Å². The second-order valence-electron chi connectivity index (χ2n) is 2.90. The van der Waals surface area contributed by atoms with Crippen LogP contribution in [-0.2, 0) is 0 Å². The Balaban J connectivity index is 2.55. The number of benzene rings is 1. The fraction of sp³-hybridized carbons (Fsp3) is 0.300. The first-order valence-electron chi connectivity index (χ1n) is 4.26. The summed E-state index contributed by atoms with van der Waals surface area (Å²) in [7, 11) is 0. The lowest BCUT2D eigenvalue weighted by atomic mass is 10.3. The number of nitrogens with zero attached hydrogens (tertiary/aromatic N) is 1. The van der Waals surface area contributed by atoms with Crippen molar-refractivity contribution in [2.75, 3.05) is 6.61 Å². The maximum Gasteiger partial charge on any atom is 0.138 e. The van der Waals surface area contributed by atoms with E-state index in [2.05, 4.69) is 0 Å². The number of ether oxygens (including phenoxy) is 1. The van der Waals surface area contributed by atoms with Crippen molar-refractivity contribution in [2.45, 2.75) is 12.5 Å². The first-order chi connectivity index (χ1) is 7.13. The maximum atomic E-state index is 12.6. The Morgan fingerprint density at radius 3 is 2.93 bits per heavy atom. The van der Waals surface area contributed by atoms with Crippen LogP contribution in [0.3, 0.4) is 0 Å². The molecule has 15 heavy (non-hydrogen) atoms. The number of rotatable bonds is 4. The number of hydrogen-bond donors (Lipinski definition) is 1. The zero-order valence-electron chi connectivity index (χ0n) is 7.78. The number of hydrogen-bond acceptors (Lipinski definition) is 3. The van der Waals surface area contributed by atoms with Crippen molar-refractivity contribution < 1.29 is 14.2 Å². The molecule has 0 amide bonds. The van der Waals surface area contributed by atoms with Gasteiger partial charge in [0.25, 0.3) is 0 Å². The largest absolute Gasteiger partial charge is 0.489 e. The first kappa shape index (κ1) is 11.8. The van der Waals surface area contributed by atoms with Gasteiger partial charge in [-0.15, -0.1) is 0 Å². The monoisotopic (exact) mass is 229 g/mol. The molecule has 1 N–H and O–H groups in total. The number of nitriles is 1. The predicted molar refractivity (Wildman–Crippen MR) is 53.1 cm³/mol. The van der Waals surface area contributed by atoms with E-state index >= 15 is 0 Å². The zero-order valence-corrected chi connectivity index (χ0v) is 8.54. The molecule has 5 heteroatoms. The minimum Gasteiger partial charge on any atom is -0.489 e. The topological polar surface area (TPSA) is 53.2 Å². The van der Waals surface area contributed by atoms with E-state index in [1.165, 1.54) is 12.1 Å². The molecule has 0 aromatic heterocycles. The van der Waals surface area contributed by atoms with E-state index in [4.69, 9.17) is 21.6 Å². The zero-order chi connectivity index (χ0) is 11.3. The molecular weight excluding hydrogens is 221 g/mol. The third-order valence-electron chi connectivity index (χ3n) is 1.65. The van der Waals surface area contributed by atoms with E-state index in [1.54, 1.807) is 6.07 Å². The molecule has 80 valence electrons. The summed E-state index contributed by atoms with van der Waals surface area (Å²) >= 11 is 5.68. The van der Waals surface area contributed by atoms with Gasteiger partial charge in [-0.1, -0.05) is 11.6 Å². The van der Waals surface area contributed by atoms with Crippen LogP contribution in [0.2, 0.25) is 5.02 Å². The summed E-state index contributed by atoms with van der Waals surface area (Å²) in [5, 5.41) is 17.6. The summed E-state index contributed by atoms with van der Waals surface area (Å²) in [4.78, 5) is 0. The minimum absolute atomic E-state index is 0.0151. The van der Waals surface area contributed by atoms with E-state index in [0.717, 1.165) is 6.07 Å². The van der Waals surface area contributed by atoms with E-state index in [9.17, 15) is 9.50 Å². The van der Waals surface area contributed by atoms with Gasteiger partial charge >= 0.3 is 0 Å². The van der Waals surface area contributed by atoms with Crippen LogP contribution in [0.4, 0.5) is 4.39 Å². The summed E-state index contributed by atoms with van der Waals surface area (Å²) in [6, 6.07) is 5.50. The second-order valence-corrected chi connectivity index (χ2v) is 3.31. The Morgan fingerprint density at radius 1 is 1.60 bits per heavy atom. The second kappa shape index (κ2) is 5.54. The van der Waals surface area contributed by atoms with E-state index in [0.29, 0.717) is 0 Å². The molecule has 0 aliphatic heterocycles. The van der Waals surface area contributed by atoms with Gasteiger partial charge in [-0.3, -0.25) is 0 Å². The van der Waals surface area contributed by atoms with Crippen LogP contribution in [0.15, 0.2) is 18.2 Å². The summed E-state index contributed by atoms with van der Waals surface area (Å²) < 4.78 is 17.7. The summed E-state index contributed by atoms with van der Waals surface area (Å²) in [6.45, 7) is -0.0427. The van der Waals surface area contributed by atoms with E-state index < -0.39 is 11.9 Å². The molecule has 0 bridgehead atoms. The highest BCUT2D eigenvalue weighted by atomic mass is 35.5. The highest BCUT2D eigenvalue weighted by Gasteiger charge is 2.07. The number of halogens is 2. The first-order valence-corrected chi connectivity index (χ1v) is 4.64. The number of aliphatic hydroxyl groups is 1. The van der Waals surface area contributed by atoms with Crippen molar-refractivity contribution in [3.8, 4) is 11.8 Å². The lowest BCUT2D eigenvalue weighted by Gasteiger charge is -2.10. The summed E-state index contributed by atoms with van der Waals surface area (Å²) in [5.74, 6) is -0.167. The van der Waals surface area contributed by atoms with Crippen LogP contribution < -0.4 is 4.74 Å². The van der Waals surface area contributed by atoms with Crippen LogP contribution in [0.25, 0.3) is 0 Å². The van der Waals surface area contributed by atoms with Crippen LogP contribution in [0.5, 0.6) is 5.75 Å². The Morgan fingerprint density at radius 2 is 2.33 bits per heavy atom. The van der Waals surface area contributed by atoms with Crippen molar-refractivity contribution >= 4 is 11.6 Å². The molecule has 1 aromatic rings. The normalized spacial score (nSPS) is 11.9. The predicted octanol–water partition coefficient (Wildman–Crippen LogP) is 2.13.